The second-order valence-corrected chi connectivity index (χ2v) is 15.6. The van der Waals surface area contributed by atoms with Crippen LogP contribution in [0.2, 0.25) is 0 Å². The van der Waals surface area contributed by atoms with E-state index in [1.807, 2.05) is 18.2 Å². The van der Waals surface area contributed by atoms with Crippen LogP contribution in [0.5, 0.6) is 0 Å². The van der Waals surface area contributed by atoms with Crippen molar-refractivity contribution in [3.63, 3.8) is 0 Å². The average molecular weight is 666 g/mol. The van der Waals surface area contributed by atoms with Crippen LogP contribution in [-0.4, -0.2) is 0 Å². The molecule has 7 heteroatoms. The fourth-order valence-corrected chi connectivity index (χ4v) is 11.4. The van der Waals surface area contributed by atoms with Gasteiger partial charge in [-0.2, -0.15) is 5.26 Å². The summed E-state index contributed by atoms with van der Waals surface area (Å²) in [5.74, 6) is 0. The van der Waals surface area contributed by atoms with Crippen LogP contribution in [-0.2, 0) is 15.9 Å². The van der Waals surface area contributed by atoms with Crippen LogP contribution in [0.15, 0.2) is 146 Å². The minimum absolute atomic E-state index is 0.106. The van der Waals surface area contributed by atoms with Gasteiger partial charge in [0.05, 0.1) is 5.56 Å². The summed E-state index contributed by atoms with van der Waals surface area (Å²) in [7, 11) is 6.65. The number of nitrogens with zero attached hydrogens (tertiary/aromatic N) is 2. The Hall–Kier alpha value is -2.51. The quantitative estimate of drug-likeness (QED) is 0.135. The summed E-state index contributed by atoms with van der Waals surface area (Å²) in [5, 5.41) is 15.3. The molecule has 0 aromatic heterocycles. The fraction of sp³-hybridized carbons (Fsp3) is 0. The second-order valence-electron chi connectivity index (χ2n) is 8.17. The molecule has 0 spiro atoms. The molecule has 0 bridgehead atoms. The van der Waals surface area contributed by atoms with Gasteiger partial charge in [0.1, 0.15) is 33.0 Å². The molecular weight excluding hydrogens is 640 g/mol. The molecule has 0 unspecified atom stereocenters. The molecule has 0 N–H and O–H groups in total. The number of anilines is 1. The topological polar surface area (TPSA) is 27.0 Å². The summed E-state index contributed by atoms with van der Waals surface area (Å²) >= 11 is -0.106. The van der Waals surface area contributed by atoms with Crippen molar-refractivity contribution >= 4 is 62.1 Å². The van der Waals surface area contributed by atoms with Crippen molar-refractivity contribution in [3.05, 3.63) is 151 Å². The molecular formula is C31H26Cl2N2P2Pd+2. The van der Waals surface area contributed by atoms with Crippen molar-refractivity contribution in [2.45, 2.75) is 0 Å². The van der Waals surface area contributed by atoms with Gasteiger partial charge in [0, 0.05) is 0 Å². The summed E-state index contributed by atoms with van der Waals surface area (Å²) in [4.78, 5) is 0. The molecule has 0 saturated carbocycles. The van der Waals surface area contributed by atoms with Crippen LogP contribution in [0.25, 0.3) is 0 Å². The summed E-state index contributed by atoms with van der Waals surface area (Å²) in [5.41, 5.74) is 1.70. The standard InChI is InChI=1S/C31H24N2P2.2ClH.Pd/c32-25-26-15-13-14-24-31(26)33(34(27-16-5-1-6-17-27)28-18-7-2-8-19-28)35(29-20-9-3-10-21-29)30-22-11-4-12-23-30;;;/h1-24H;2*1H;/q;;;+2. The first-order valence-electron chi connectivity index (χ1n) is 11.9. The van der Waals surface area contributed by atoms with Gasteiger partial charge >= 0.3 is 35.0 Å². The maximum atomic E-state index is 10.2. The van der Waals surface area contributed by atoms with Gasteiger partial charge in [-0.05, 0) is 60.7 Å². The van der Waals surface area contributed by atoms with Crippen molar-refractivity contribution < 1.29 is 15.9 Å². The normalized spacial score (nSPS) is 10.5. The van der Waals surface area contributed by atoms with Gasteiger partial charge in [-0.15, -0.1) is 4.44 Å². The van der Waals surface area contributed by atoms with Gasteiger partial charge in [0.15, 0.2) is 16.1 Å². The number of hydrogen-bond acceptors (Lipinski definition) is 2. The van der Waals surface area contributed by atoms with E-state index in [4.69, 9.17) is 19.1 Å². The van der Waals surface area contributed by atoms with E-state index in [-0.39, 0.29) is 15.9 Å². The van der Waals surface area contributed by atoms with Crippen molar-refractivity contribution in [3.8, 4) is 6.07 Å². The van der Waals surface area contributed by atoms with E-state index in [0.29, 0.717) is 5.56 Å². The Bertz CT molecular complexity index is 1270. The molecule has 2 nitrogen and oxygen atoms in total. The van der Waals surface area contributed by atoms with E-state index in [1.54, 1.807) is 0 Å². The summed E-state index contributed by atoms with van der Waals surface area (Å²) < 4.78 is 2.61. The second kappa shape index (κ2) is 15.2. The number of nitriles is 1. The maximum absolute atomic E-state index is 10.2. The number of hydrogen-bond donors (Lipinski definition) is 0. The van der Waals surface area contributed by atoms with Crippen LogP contribution >= 0.6 is 35.2 Å². The minimum atomic E-state index is -1.49. The SMILES string of the molecule is N#Cc1ccccc1N([PH+](c1ccccc1)c1ccccc1)[PH+](c1ccccc1)c1ccccc1.[Cl][Pd][Cl]. The van der Waals surface area contributed by atoms with E-state index in [9.17, 15) is 5.26 Å². The molecule has 0 fully saturated rings. The molecule has 5 rings (SSSR count). The molecule has 192 valence electrons. The molecule has 0 saturated heterocycles. The zero-order valence-corrected chi connectivity index (χ0v) is 25.4. The molecule has 0 atom stereocenters. The third kappa shape index (κ3) is 7.12. The third-order valence-electron chi connectivity index (χ3n) is 5.90. The molecule has 0 aliphatic rings. The Morgan fingerprint density at radius 3 is 1.11 bits per heavy atom. The third-order valence-corrected chi connectivity index (χ3v) is 12.1. The predicted molar refractivity (Wildman–Crippen MR) is 166 cm³/mol. The molecule has 0 aliphatic heterocycles. The van der Waals surface area contributed by atoms with Gasteiger partial charge in [0.25, 0.3) is 0 Å². The number of para-hydroxylation sites is 1. The number of halogens is 2. The van der Waals surface area contributed by atoms with Crippen molar-refractivity contribution in [2.75, 3.05) is 4.44 Å². The van der Waals surface area contributed by atoms with Crippen LogP contribution in [0.4, 0.5) is 5.69 Å². The molecule has 0 aliphatic carbocycles. The first-order chi connectivity index (χ1) is 18.8. The van der Waals surface area contributed by atoms with E-state index < -0.39 is 16.1 Å². The summed E-state index contributed by atoms with van der Waals surface area (Å²) in [6, 6.07) is 53.7. The molecule has 0 heterocycles. The Morgan fingerprint density at radius 1 is 0.500 bits per heavy atom. The van der Waals surface area contributed by atoms with Gasteiger partial charge in [0.2, 0.25) is 0 Å². The van der Waals surface area contributed by atoms with Crippen LogP contribution in [0.3, 0.4) is 0 Å². The molecule has 5 aromatic carbocycles. The Balaban J connectivity index is 0.00000107. The Labute approximate surface area is 243 Å². The zero-order valence-electron chi connectivity index (χ0n) is 20.3. The molecule has 5 aromatic rings. The van der Waals surface area contributed by atoms with E-state index in [0.717, 1.165) is 5.69 Å². The number of benzene rings is 5. The van der Waals surface area contributed by atoms with Crippen molar-refractivity contribution in [1.82, 2.24) is 0 Å². The van der Waals surface area contributed by atoms with Crippen LogP contribution in [0, 0.1) is 11.3 Å². The first kappa shape index (κ1) is 28.5. The first-order valence-corrected chi connectivity index (χ1v) is 18.8. The molecule has 38 heavy (non-hydrogen) atoms. The van der Waals surface area contributed by atoms with Gasteiger partial charge in [-0.3, -0.25) is 0 Å². The van der Waals surface area contributed by atoms with Gasteiger partial charge < -0.3 is 0 Å². The van der Waals surface area contributed by atoms with Crippen LogP contribution in [0.1, 0.15) is 5.56 Å². The van der Waals surface area contributed by atoms with Gasteiger partial charge in [-0.25, -0.2) is 0 Å². The van der Waals surface area contributed by atoms with E-state index in [1.165, 1.54) is 21.2 Å². The van der Waals surface area contributed by atoms with Crippen LogP contribution < -0.4 is 25.7 Å². The Morgan fingerprint density at radius 2 is 0.789 bits per heavy atom. The molecule has 0 radical (unpaired) electrons. The van der Waals surface area contributed by atoms with Crippen molar-refractivity contribution in [2.24, 2.45) is 0 Å². The van der Waals surface area contributed by atoms with E-state index in [2.05, 4.69) is 138 Å². The number of rotatable bonds is 7. The van der Waals surface area contributed by atoms with Gasteiger partial charge in [-0.1, -0.05) is 84.9 Å². The summed E-state index contributed by atoms with van der Waals surface area (Å²) in [6.45, 7) is 0. The Kier molecular flexibility index (Phi) is 11.4. The average Bonchev–Trinajstić information content (AvgIpc) is 2.99. The van der Waals surface area contributed by atoms with E-state index >= 15 is 0 Å². The monoisotopic (exact) mass is 664 g/mol. The fourth-order valence-electron chi connectivity index (χ4n) is 4.35. The summed E-state index contributed by atoms with van der Waals surface area (Å²) in [6.07, 6.45) is 0. The van der Waals surface area contributed by atoms with Crippen molar-refractivity contribution in [1.29, 1.82) is 5.26 Å². The zero-order chi connectivity index (χ0) is 26.6. The predicted octanol–water partition coefficient (Wildman–Crippen LogP) is 7.30. The molecule has 0 amide bonds.